The molecule has 0 spiro atoms. The smallest absolute Gasteiger partial charge is 0.254 e. The van der Waals surface area contributed by atoms with Crippen LogP contribution in [0.25, 0.3) is 0 Å². The number of benzene rings is 1. The van der Waals surface area contributed by atoms with Gasteiger partial charge < -0.3 is 10.1 Å². The standard InChI is InChI=1S/C22H27N3O2/c26-21(24-15-18-6-2-1-3-7-18)22(14-20-8-4-5-11-23-20)17-25(12-13-27-22)16-19-9-10-19/h1-8,11,19H,9-10,12-17H2,(H,24,26)/t22-/m0/s1. The average molecular weight is 365 g/mol. The second-order valence-electron chi connectivity index (χ2n) is 7.69. The van der Waals surface area contributed by atoms with Gasteiger partial charge in [-0.25, -0.2) is 0 Å². The molecule has 0 bridgehead atoms. The number of carbonyl (C=O) groups excluding carboxylic acids is 1. The first-order chi connectivity index (χ1) is 13.2. The summed E-state index contributed by atoms with van der Waals surface area (Å²) in [5.74, 6) is 0.750. The Morgan fingerprint density at radius 1 is 1.19 bits per heavy atom. The summed E-state index contributed by atoms with van der Waals surface area (Å²) in [6.45, 7) is 3.68. The predicted molar refractivity (Wildman–Crippen MR) is 104 cm³/mol. The third-order valence-corrected chi connectivity index (χ3v) is 5.38. The van der Waals surface area contributed by atoms with Crippen LogP contribution in [0.5, 0.6) is 0 Å². The monoisotopic (exact) mass is 365 g/mol. The van der Waals surface area contributed by atoms with Crippen molar-refractivity contribution >= 4 is 5.91 Å². The molecule has 142 valence electrons. The van der Waals surface area contributed by atoms with E-state index in [0.717, 1.165) is 30.3 Å². The zero-order valence-corrected chi connectivity index (χ0v) is 15.6. The van der Waals surface area contributed by atoms with Crippen molar-refractivity contribution in [3.05, 3.63) is 66.0 Å². The molecule has 2 heterocycles. The normalized spacial score (nSPS) is 23.1. The molecule has 1 aliphatic carbocycles. The van der Waals surface area contributed by atoms with Crippen molar-refractivity contribution in [2.45, 2.75) is 31.4 Å². The molecular formula is C22H27N3O2. The number of hydrogen-bond acceptors (Lipinski definition) is 4. The van der Waals surface area contributed by atoms with Crippen molar-refractivity contribution < 1.29 is 9.53 Å². The van der Waals surface area contributed by atoms with Gasteiger partial charge in [0.1, 0.15) is 0 Å². The molecule has 5 nitrogen and oxygen atoms in total. The topological polar surface area (TPSA) is 54.5 Å². The molecule has 1 aromatic heterocycles. The van der Waals surface area contributed by atoms with E-state index in [1.807, 2.05) is 48.5 Å². The Morgan fingerprint density at radius 2 is 2.00 bits per heavy atom. The largest absolute Gasteiger partial charge is 0.362 e. The van der Waals surface area contributed by atoms with Crippen molar-refractivity contribution in [3.63, 3.8) is 0 Å². The van der Waals surface area contributed by atoms with Crippen molar-refractivity contribution in [1.82, 2.24) is 15.2 Å². The zero-order valence-electron chi connectivity index (χ0n) is 15.6. The molecule has 0 unspecified atom stereocenters. The molecule has 2 aromatic rings. The number of hydrogen-bond donors (Lipinski definition) is 1. The van der Waals surface area contributed by atoms with E-state index >= 15 is 0 Å². The second kappa shape index (κ2) is 8.19. The van der Waals surface area contributed by atoms with Gasteiger partial charge in [-0.05, 0) is 36.5 Å². The van der Waals surface area contributed by atoms with Gasteiger partial charge in [0, 0.05) is 44.5 Å². The van der Waals surface area contributed by atoms with E-state index in [9.17, 15) is 4.79 Å². The van der Waals surface area contributed by atoms with Gasteiger partial charge in [0.05, 0.1) is 6.61 Å². The number of nitrogens with one attached hydrogen (secondary N) is 1. The number of rotatable bonds is 7. The summed E-state index contributed by atoms with van der Waals surface area (Å²) in [6, 6.07) is 15.8. The van der Waals surface area contributed by atoms with E-state index in [0.29, 0.717) is 26.1 Å². The number of ether oxygens (including phenoxy) is 1. The lowest BCUT2D eigenvalue weighted by atomic mass is 9.93. The molecule has 5 heteroatoms. The molecule has 1 amide bonds. The van der Waals surface area contributed by atoms with Crippen molar-refractivity contribution in [1.29, 1.82) is 0 Å². The molecular weight excluding hydrogens is 338 g/mol. The van der Waals surface area contributed by atoms with E-state index in [-0.39, 0.29) is 5.91 Å². The maximum absolute atomic E-state index is 13.3. The third kappa shape index (κ3) is 4.73. The maximum Gasteiger partial charge on any atom is 0.254 e. The average Bonchev–Trinajstić information content (AvgIpc) is 3.52. The van der Waals surface area contributed by atoms with E-state index in [2.05, 4.69) is 15.2 Å². The lowest BCUT2D eigenvalue weighted by Gasteiger charge is -2.41. The number of nitrogens with zero attached hydrogens (tertiary/aromatic N) is 2. The first-order valence-electron chi connectivity index (χ1n) is 9.82. The van der Waals surface area contributed by atoms with E-state index in [1.54, 1.807) is 6.20 Å². The van der Waals surface area contributed by atoms with Gasteiger partial charge in [0.15, 0.2) is 5.60 Å². The van der Waals surface area contributed by atoms with Gasteiger partial charge in [-0.3, -0.25) is 14.7 Å². The molecule has 1 atom stereocenters. The third-order valence-electron chi connectivity index (χ3n) is 5.38. The van der Waals surface area contributed by atoms with Crippen LogP contribution in [-0.2, 0) is 22.5 Å². The minimum atomic E-state index is -0.879. The number of amides is 1. The summed E-state index contributed by atoms with van der Waals surface area (Å²) in [4.78, 5) is 20.1. The Bertz CT molecular complexity index is 749. The fraction of sp³-hybridized carbons (Fsp3) is 0.455. The summed E-state index contributed by atoms with van der Waals surface area (Å²) >= 11 is 0. The molecule has 2 aliphatic rings. The van der Waals surface area contributed by atoms with Gasteiger partial charge in [0.25, 0.3) is 5.91 Å². The van der Waals surface area contributed by atoms with E-state index < -0.39 is 5.60 Å². The molecule has 1 aromatic carbocycles. The summed E-state index contributed by atoms with van der Waals surface area (Å²) in [5, 5.41) is 3.10. The number of morpholine rings is 1. The highest BCUT2D eigenvalue weighted by molar-refractivity contribution is 5.86. The minimum Gasteiger partial charge on any atom is -0.362 e. The Hall–Kier alpha value is -2.24. The van der Waals surface area contributed by atoms with Crippen molar-refractivity contribution in [2.24, 2.45) is 5.92 Å². The molecule has 1 aliphatic heterocycles. The maximum atomic E-state index is 13.3. The Kier molecular flexibility index (Phi) is 5.50. The van der Waals surface area contributed by atoms with Gasteiger partial charge in [0.2, 0.25) is 0 Å². The zero-order chi connectivity index (χ0) is 18.5. The lowest BCUT2D eigenvalue weighted by molar-refractivity contribution is -0.160. The van der Waals surface area contributed by atoms with Crippen LogP contribution in [0.3, 0.4) is 0 Å². The van der Waals surface area contributed by atoms with Crippen LogP contribution >= 0.6 is 0 Å². The predicted octanol–water partition coefficient (Wildman–Crippen LogP) is 2.42. The summed E-state index contributed by atoms with van der Waals surface area (Å²) in [5.41, 5.74) is 1.10. The Balaban J connectivity index is 1.50. The van der Waals surface area contributed by atoms with Gasteiger partial charge in [-0.2, -0.15) is 0 Å². The molecule has 4 rings (SSSR count). The Morgan fingerprint density at radius 3 is 2.74 bits per heavy atom. The van der Waals surface area contributed by atoms with Crippen LogP contribution in [0.4, 0.5) is 0 Å². The van der Waals surface area contributed by atoms with Crippen LogP contribution in [-0.4, -0.2) is 47.6 Å². The number of aromatic nitrogens is 1. The summed E-state index contributed by atoms with van der Waals surface area (Å²) < 4.78 is 6.16. The number of carbonyl (C=O) groups is 1. The molecule has 0 radical (unpaired) electrons. The Labute approximate surface area is 160 Å². The van der Waals surface area contributed by atoms with Crippen LogP contribution in [0.15, 0.2) is 54.7 Å². The highest BCUT2D eigenvalue weighted by Gasteiger charge is 2.44. The molecule has 1 saturated carbocycles. The highest BCUT2D eigenvalue weighted by atomic mass is 16.5. The molecule has 27 heavy (non-hydrogen) atoms. The first kappa shape index (κ1) is 18.1. The van der Waals surface area contributed by atoms with Crippen LogP contribution in [0.1, 0.15) is 24.1 Å². The molecule has 1 saturated heterocycles. The fourth-order valence-electron chi connectivity index (χ4n) is 3.74. The lowest BCUT2D eigenvalue weighted by Crippen LogP contribution is -2.61. The SMILES string of the molecule is O=C(NCc1ccccc1)[C@]1(Cc2ccccn2)CN(CC2CC2)CCO1. The highest BCUT2D eigenvalue weighted by Crippen LogP contribution is 2.32. The summed E-state index contributed by atoms with van der Waals surface area (Å²) in [7, 11) is 0. The van der Waals surface area contributed by atoms with Gasteiger partial charge in [-0.15, -0.1) is 0 Å². The fourth-order valence-corrected chi connectivity index (χ4v) is 3.74. The van der Waals surface area contributed by atoms with Crippen LogP contribution in [0, 0.1) is 5.92 Å². The number of pyridine rings is 1. The van der Waals surface area contributed by atoms with Crippen molar-refractivity contribution in [3.8, 4) is 0 Å². The molecule has 1 N–H and O–H groups in total. The second-order valence-corrected chi connectivity index (χ2v) is 7.69. The van der Waals surface area contributed by atoms with E-state index in [1.165, 1.54) is 12.8 Å². The van der Waals surface area contributed by atoms with Crippen molar-refractivity contribution in [2.75, 3.05) is 26.2 Å². The van der Waals surface area contributed by atoms with Gasteiger partial charge >= 0.3 is 0 Å². The van der Waals surface area contributed by atoms with Crippen LogP contribution < -0.4 is 5.32 Å². The quantitative estimate of drug-likeness (QED) is 0.819. The first-order valence-corrected chi connectivity index (χ1v) is 9.82. The minimum absolute atomic E-state index is 0.0440. The van der Waals surface area contributed by atoms with Crippen LogP contribution in [0.2, 0.25) is 0 Å². The van der Waals surface area contributed by atoms with E-state index in [4.69, 9.17) is 4.74 Å². The summed E-state index contributed by atoms with van der Waals surface area (Å²) in [6.07, 6.45) is 4.89. The molecule has 2 fully saturated rings. The van der Waals surface area contributed by atoms with Gasteiger partial charge in [-0.1, -0.05) is 36.4 Å².